The third-order valence-corrected chi connectivity index (χ3v) is 5.91. The predicted molar refractivity (Wildman–Crippen MR) is 117 cm³/mol. The van der Waals surface area contributed by atoms with Crippen molar-refractivity contribution in [3.05, 3.63) is 71.3 Å². The number of hydrogen-bond acceptors (Lipinski definition) is 5. The highest BCUT2D eigenvalue weighted by Crippen LogP contribution is 2.49. The van der Waals surface area contributed by atoms with Crippen LogP contribution in [0.2, 0.25) is 0 Å². The van der Waals surface area contributed by atoms with Crippen LogP contribution in [0.1, 0.15) is 43.2 Å². The highest BCUT2D eigenvalue weighted by atomic mass is 16.5. The van der Waals surface area contributed by atoms with Crippen LogP contribution in [0.15, 0.2) is 60.2 Å². The van der Waals surface area contributed by atoms with Gasteiger partial charge in [0, 0.05) is 11.0 Å². The molecule has 158 valence electrons. The van der Waals surface area contributed by atoms with Gasteiger partial charge in [-0.05, 0) is 24.0 Å². The van der Waals surface area contributed by atoms with Crippen LogP contribution < -0.4 is 5.32 Å². The van der Waals surface area contributed by atoms with Gasteiger partial charge >= 0.3 is 5.97 Å². The van der Waals surface area contributed by atoms with Gasteiger partial charge < -0.3 is 4.74 Å². The lowest BCUT2D eigenvalue weighted by molar-refractivity contribution is -0.136. The van der Waals surface area contributed by atoms with Gasteiger partial charge in [-0.2, -0.15) is 5.26 Å². The molecule has 2 amide bonds. The summed E-state index contributed by atoms with van der Waals surface area (Å²) in [5.74, 6) is -1.66. The van der Waals surface area contributed by atoms with Crippen molar-refractivity contribution in [3.63, 3.8) is 0 Å². The molecule has 0 atom stereocenters. The third kappa shape index (κ3) is 3.99. The Balaban J connectivity index is 2.34. The van der Waals surface area contributed by atoms with Crippen LogP contribution in [-0.2, 0) is 19.1 Å². The predicted octanol–water partition coefficient (Wildman–Crippen LogP) is 3.87. The first-order valence-electron chi connectivity index (χ1n) is 10.1. The second-order valence-corrected chi connectivity index (χ2v) is 7.68. The van der Waals surface area contributed by atoms with E-state index >= 15 is 0 Å². The summed E-state index contributed by atoms with van der Waals surface area (Å²) in [7, 11) is 1.23. The van der Waals surface area contributed by atoms with Gasteiger partial charge in [-0.1, -0.05) is 68.8 Å². The Hall–Kier alpha value is -3.72. The minimum atomic E-state index is -0.901. The van der Waals surface area contributed by atoms with Crippen molar-refractivity contribution in [2.75, 3.05) is 7.11 Å². The third-order valence-electron chi connectivity index (χ3n) is 5.91. The van der Waals surface area contributed by atoms with Gasteiger partial charge in [-0.25, -0.2) is 4.79 Å². The summed E-state index contributed by atoms with van der Waals surface area (Å²) in [4.78, 5) is 38.4. The Morgan fingerprint density at radius 1 is 1.19 bits per heavy atom. The molecule has 1 aromatic carbocycles. The molecule has 3 rings (SSSR count). The average molecular weight is 416 g/mol. The van der Waals surface area contributed by atoms with Crippen LogP contribution in [0.25, 0.3) is 11.6 Å². The molecule has 1 aliphatic carbocycles. The van der Waals surface area contributed by atoms with Crippen LogP contribution in [0.5, 0.6) is 0 Å². The van der Waals surface area contributed by atoms with E-state index < -0.39 is 23.2 Å². The Bertz CT molecular complexity index is 1080. The molecule has 0 spiro atoms. The van der Waals surface area contributed by atoms with E-state index in [1.165, 1.54) is 7.11 Å². The lowest BCUT2D eigenvalue weighted by Crippen LogP contribution is -2.32. The molecule has 1 aromatic rings. The Morgan fingerprint density at radius 3 is 2.48 bits per heavy atom. The van der Waals surface area contributed by atoms with Crippen molar-refractivity contribution in [2.45, 2.75) is 32.1 Å². The maximum atomic E-state index is 13.1. The van der Waals surface area contributed by atoms with Gasteiger partial charge in [-0.3, -0.25) is 14.9 Å². The fourth-order valence-corrected chi connectivity index (χ4v) is 4.45. The van der Waals surface area contributed by atoms with E-state index in [1.807, 2.05) is 18.2 Å². The van der Waals surface area contributed by atoms with Crippen LogP contribution in [0.4, 0.5) is 0 Å². The van der Waals surface area contributed by atoms with Crippen LogP contribution in [0, 0.1) is 16.7 Å². The largest absolute Gasteiger partial charge is 0.465 e. The second-order valence-electron chi connectivity index (χ2n) is 7.68. The maximum Gasteiger partial charge on any atom is 0.338 e. The molecule has 1 saturated carbocycles. The van der Waals surface area contributed by atoms with E-state index in [1.54, 1.807) is 24.3 Å². The maximum absolute atomic E-state index is 13.1. The number of nitriles is 1. The number of amides is 2. The smallest absolute Gasteiger partial charge is 0.338 e. The van der Waals surface area contributed by atoms with E-state index in [2.05, 4.69) is 18.5 Å². The van der Waals surface area contributed by atoms with E-state index in [-0.39, 0.29) is 16.7 Å². The number of methoxy groups -OCH3 is 1. The van der Waals surface area contributed by atoms with Crippen LogP contribution in [0.3, 0.4) is 0 Å². The standard InChI is InChI=1S/C25H24N2O4/c1-4-17-10-6-7-11-18(17)20-21(23(29)27-22(20)28)25(12-8-5-9-13-25)14-19(16(2)15-26)24(30)31-3/h4,6-7,10-11,14H,1-2,5,8-9,12-13H2,3H3,(H,27,28,29)/b19-14-. The topological polar surface area (TPSA) is 96.3 Å². The zero-order valence-electron chi connectivity index (χ0n) is 17.5. The van der Waals surface area contributed by atoms with E-state index in [0.29, 0.717) is 24.0 Å². The molecular formula is C25H24N2O4. The second kappa shape index (κ2) is 8.97. The SMILES string of the molecule is C=Cc1ccccc1C1=C(C2(/C=C(/C(=C)C#N)C(=O)OC)CCCCC2)C(=O)NC1=O. The molecule has 1 N–H and O–H groups in total. The first-order chi connectivity index (χ1) is 14.9. The number of imide groups is 1. The van der Waals surface area contributed by atoms with Crippen molar-refractivity contribution < 1.29 is 19.1 Å². The summed E-state index contributed by atoms with van der Waals surface area (Å²) in [5.41, 5.74) is 1.00. The first kappa shape index (κ1) is 22.0. The van der Waals surface area contributed by atoms with Gasteiger partial charge in [0.25, 0.3) is 11.8 Å². The summed E-state index contributed by atoms with van der Waals surface area (Å²) in [5, 5.41) is 11.8. The van der Waals surface area contributed by atoms with Gasteiger partial charge in [0.1, 0.15) is 0 Å². The Labute approximate surface area is 181 Å². The number of nitrogens with zero attached hydrogens (tertiary/aromatic N) is 1. The number of rotatable bonds is 6. The molecular weight excluding hydrogens is 392 g/mol. The molecule has 31 heavy (non-hydrogen) atoms. The summed E-state index contributed by atoms with van der Waals surface area (Å²) in [6, 6.07) is 9.13. The van der Waals surface area contributed by atoms with Gasteiger partial charge in [-0.15, -0.1) is 0 Å². The summed E-state index contributed by atoms with van der Waals surface area (Å²) < 4.78 is 4.86. The molecule has 1 aliphatic heterocycles. The lowest BCUT2D eigenvalue weighted by atomic mass is 9.66. The number of nitrogens with one attached hydrogen (secondary N) is 1. The van der Waals surface area contributed by atoms with Crippen molar-refractivity contribution >= 4 is 29.4 Å². The number of carbonyl (C=O) groups excluding carboxylic acids is 3. The quantitative estimate of drug-likeness (QED) is 0.250. The number of ether oxygens (including phenoxy) is 1. The minimum Gasteiger partial charge on any atom is -0.465 e. The molecule has 1 fully saturated rings. The molecule has 0 unspecified atom stereocenters. The van der Waals surface area contributed by atoms with Crippen LogP contribution >= 0.6 is 0 Å². The summed E-state index contributed by atoms with van der Waals surface area (Å²) in [6.45, 7) is 7.50. The number of allylic oxidation sites excluding steroid dienone is 1. The molecule has 0 aromatic heterocycles. The minimum absolute atomic E-state index is 0.0166. The molecule has 1 heterocycles. The number of benzene rings is 1. The highest BCUT2D eigenvalue weighted by molar-refractivity contribution is 6.37. The fourth-order valence-electron chi connectivity index (χ4n) is 4.45. The summed E-state index contributed by atoms with van der Waals surface area (Å²) >= 11 is 0. The van der Waals surface area contributed by atoms with Gasteiger partial charge in [0.15, 0.2) is 0 Å². The van der Waals surface area contributed by atoms with E-state index in [0.717, 1.165) is 24.8 Å². The summed E-state index contributed by atoms with van der Waals surface area (Å²) in [6.07, 6.45) is 6.97. The number of esters is 1. The molecule has 0 radical (unpaired) electrons. The van der Waals surface area contributed by atoms with Crippen molar-refractivity contribution in [1.29, 1.82) is 5.26 Å². The molecule has 2 aliphatic rings. The number of hydrogen-bond donors (Lipinski definition) is 1. The zero-order valence-corrected chi connectivity index (χ0v) is 17.5. The lowest BCUT2D eigenvalue weighted by Gasteiger charge is -2.36. The van der Waals surface area contributed by atoms with Crippen molar-refractivity contribution in [2.24, 2.45) is 5.41 Å². The zero-order chi connectivity index (χ0) is 22.6. The number of carbonyl (C=O) groups is 3. The van der Waals surface area contributed by atoms with E-state index in [4.69, 9.17) is 4.74 Å². The fraction of sp³-hybridized carbons (Fsp3) is 0.280. The molecule has 0 saturated heterocycles. The van der Waals surface area contributed by atoms with Gasteiger partial charge in [0.05, 0.1) is 29.9 Å². The Morgan fingerprint density at radius 2 is 1.87 bits per heavy atom. The monoisotopic (exact) mass is 416 g/mol. The van der Waals surface area contributed by atoms with Crippen molar-refractivity contribution in [3.8, 4) is 6.07 Å². The molecule has 0 bridgehead atoms. The van der Waals surface area contributed by atoms with Gasteiger partial charge in [0.2, 0.25) is 0 Å². The normalized spacial score (nSPS) is 18.3. The first-order valence-corrected chi connectivity index (χ1v) is 10.1. The van der Waals surface area contributed by atoms with Crippen molar-refractivity contribution in [1.82, 2.24) is 5.32 Å². The van der Waals surface area contributed by atoms with E-state index in [9.17, 15) is 19.6 Å². The van der Waals surface area contributed by atoms with Crippen LogP contribution in [-0.4, -0.2) is 24.9 Å². The highest BCUT2D eigenvalue weighted by Gasteiger charge is 2.46. The Kier molecular flexibility index (Phi) is 6.36. The molecule has 6 nitrogen and oxygen atoms in total. The molecule has 6 heteroatoms. The average Bonchev–Trinajstić information content (AvgIpc) is 3.10.